The molecule has 0 amide bonds. The zero-order valence-corrected chi connectivity index (χ0v) is 13.0. The molecule has 3 nitrogen and oxygen atoms in total. The van der Waals surface area contributed by atoms with Crippen molar-refractivity contribution < 1.29 is 26.7 Å². The molecule has 1 fully saturated rings. The molecule has 0 spiro atoms. The largest absolute Gasteiger partial charge is 0.461 e. The third-order valence-corrected chi connectivity index (χ3v) is 3.52. The topological polar surface area (TPSA) is 24.5 Å². The smallest absolute Gasteiger partial charge is 0.428 e. The van der Waals surface area contributed by atoms with E-state index in [2.05, 4.69) is 10.1 Å². The van der Waals surface area contributed by atoms with Crippen LogP contribution in [0.1, 0.15) is 11.6 Å². The molecule has 23 heavy (non-hydrogen) atoms. The number of alkyl halides is 5. The molecule has 0 aliphatic carbocycles. The first-order chi connectivity index (χ1) is 10.5. The van der Waals surface area contributed by atoms with Crippen LogP contribution in [-0.2, 0) is 0 Å². The van der Waals surface area contributed by atoms with E-state index in [0.717, 1.165) is 6.07 Å². The summed E-state index contributed by atoms with van der Waals surface area (Å²) in [5, 5.41) is 3.10. The number of rotatable bonds is 6. The summed E-state index contributed by atoms with van der Waals surface area (Å²) in [4.78, 5) is 1.78. The highest BCUT2D eigenvalue weighted by atomic mass is 35.5. The van der Waals surface area contributed by atoms with Crippen LogP contribution < -0.4 is 10.1 Å². The Balaban J connectivity index is 0.00000264. The fourth-order valence-corrected chi connectivity index (χ4v) is 2.41. The highest BCUT2D eigenvalue weighted by Crippen LogP contribution is 2.35. The van der Waals surface area contributed by atoms with E-state index in [1.165, 1.54) is 18.2 Å². The summed E-state index contributed by atoms with van der Waals surface area (Å²) in [7, 11) is 0. The van der Waals surface area contributed by atoms with Crippen molar-refractivity contribution in [3.8, 4) is 5.75 Å². The molecule has 0 saturated carbocycles. The van der Waals surface area contributed by atoms with Crippen molar-refractivity contribution in [2.24, 2.45) is 0 Å². The van der Waals surface area contributed by atoms with Gasteiger partial charge in [0.1, 0.15) is 12.4 Å². The van der Waals surface area contributed by atoms with E-state index < -0.39 is 31.0 Å². The Morgan fingerprint density at radius 1 is 1.17 bits per heavy atom. The van der Waals surface area contributed by atoms with Crippen LogP contribution in [0.3, 0.4) is 0 Å². The number of hydrogen-bond acceptors (Lipinski definition) is 3. The lowest BCUT2D eigenvalue weighted by Gasteiger charge is -2.34. The first-order valence-electron chi connectivity index (χ1n) is 6.90. The number of ether oxygens (including phenoxy) is 1. The van der Waals surface area contributed by atoms with E-state index in [4.69, 9.17) is 0 Å². The number of hydrogen-bond donors (Lipinski definition) is 1. The van der Waals surface area contributed by atoms with Crippen molar-refractivity contribution in [3.63, 3.8) is 0 Å². The Morgan fingerprint density at radius 2 is 1.78 bits per heavy atom. The second-order valence-corrected chi connectivity index (χ2v) is 4.96. The molecule has 1 aromatic carbocycles. The van der Waals surface area contributed by atoms with Gasteiger partial charge in [0.05, 0.1) is 6.04 Å². The third kappa shape index (κ3) is 4.92. The first kappa shape index (κ1) is 19.9. The Morgan fingerprint density at radius 3 is 2.35 bits per heavy atom. The molecular formula is C14H18ClF5N2O. The maximum atomic E-state index is 13.4. The molecule has 1 aliphatic heterocycles. The van der Waals surface area contributed by atoms with Gasteiger partial charge in [0.15, 0.2) is 0 Å². The second kappa shape index (κ2) is 8.65. The van der Waals surface area contributed by atoms with Crippen molar-refractivity contribution >= 4 is 12.4 Å². The van der Waals surface area contributed by atoms with Gasteiger partial charge in [-0.15, -0.1) is 12.4 Å². The van der Waals surface area contributed by atoms with E-state index in [1.807, 2.05) is 0 Å². The summed E-state index contributed by atoms with van der Waals surface area (Å²) in [6.45, 7) is 1.54. The monoisotopic (exact) mass is 360 g/mol. The molecule has 132 valence electrons. The molecule has 1 aromatic rings. The fraction of sp³-hybridized carbons (Fsp3) is 0.571. The predicted molar refractivity (Wildman–Crippen MR) is 78.4 cm³/mol. The summed E-state index contributed by atoms with van der Waals surface area (Å²) in [5.41, 5.74) is 0.146. The molecule has 1 saturated heterocycles. The van der Waals surface area contributed by atoms with Gasteiger partial charge in [-0.2, -0.15) is 17.6 Å². The van der Waals surface area contributed by atoms with Crippen molar-refractivity contribution in [2.45, 2.75) is 18.6 Å². The number of para-hydroxylation sites is 1. The molecular weight excluding hydrogens is 343 g/mol. The summed E-state index contributed by atoms with van der Waals surface area (Å²) < 4.78 is 68.5. The van der Waals surface area contributed by atoms with Crippen molar-refractivity contribution in [1.82, 2.24) is 10.2 Å². The van der Waals surface area contributed by atoms with Gasteiger partial charge in [-0.3, -0.25) is 4.90 Å². The Hall–Kier alpha value is -1.12. The normalized spacial score (nSPS) is 17.7. The van der Waals surface area contributed by atoms with Crippen LogP contribution in [0, 0.1) is 0 Å². The number of halogens is 6. The Bertz CT molecular complexity index is 486. The Labute approximate surface area is 137 Å². The second-order valence-electron chi connectivity index (χ2n) is 4.96. The average molecular weight is 361 g/mol. The van der Waals surface area contributed by atoms with Crippen LogP contribution in [0.25, 0.3) is 0 Å². The van der Waals surface area contributed by atoms with Crippen LogP contribution in [0.4, 0.5) is 22.0 Å². The molecule has 1 atom stereocenters. The first-order valence-corrected chi connectivity index (χ1v) is 6.90. The number of nitrogens with one attached hydrogen (secondary N) is 1. The van der Waals surface area contributed by atoms with Crippen LogP contribution in [0.15, 0.2) is 24.3 Å². The van der Waals surface area contributed by atoms with Gasteiger partial charge in [0.2, 0.25) is 0 Å². The molecule has 1 N–H and O–H groups in total. The molecule has 2 rings (SSSR count). The van der Waals surface area contributed by atoms with Gasteiger partial charge in [0.25, 0.3) is 0 Å². The van der Waals surface area contributed by atoms with E-state index in [-0.39, 0.29) is 18.0 Å². The zero-order chi connectivity index (χ0) is 16.2. The van der Waals surface area contributed by atoms with E-state index in [1.54, 1.807) is 4.90 Å². The number of nitrogens with zero attached hydrogens (tertiary/aromatic N) is 1. The SMILES string of the molecule is Cl.FC[C@@H](c1ccccc1OC(F)(F)C(F)F)N1CCNCC1. The van der Waals surface area contributed by atoms with Gasteiger partial charge in [0, 0.05) is 31.7 Å². The van der Waals surface area contributed by atoms with Crippen molar-refractivity contribution in [2.75, 3.05) is 32.9 Å². The fourth-order valence-electron chi connectivity index (χ4n) is 2.41. The number of piperazine rings is 1. The van der Waals surface area contributed by atoms with Gasteiger partial charge in [-0.05, 0) is 6.07 Å². The van der Waals surface area contributed by atoms with Crippen LogP contribution >= 0.6 is 12.4 Å². The highest BCUT2D eigenvalue weighted by molar-refractivity contribution is 5.85. The van der Waals surface area contributed by atoms with Crippen LogP contribution in [0.2, 0.25) is 0 Å². The maximum Gasteiger partial charge on any atom is 0.461 e. The average Bonchev–Trinajstić information content (AvgIpc) is 2.50. The lowest BCUT2D eigenvalue weighted by Crippen LogP contribution is -2.46. The Kier molecular flexibility index (Phi) is 7.50. The van der Waals surface area contributed by atoms with Gasteiger partial charge in [-0.25, -0.2) is 4.39 Å². The van der Waals surface area contributed by atoms with Gasteiger partial charge < -0.3 is 10.1 Å². The van der Waals surface area contributed by atoms with Crippen molar-refractivity contribution in [3.05, 3.63) is 29.8 Å². The van der Waals surface area contributed by atoms with Crippen molar-refractivity contribution in [1.29, 1.82) is 0 Å². The maximum absolute atomic E-state index is 13.4. The molecule has 9 heteroatoms. The van der Waals surface area contributed by atoms with Crippen LogP contribution in [0.5, 0.6) is 5.75 Å². The molecule has 0 radical (unpaired) electrons. The van der Waals surface area contributed by atoms with E-state index in [9.17, 15) is 22.0 Å². The minimum Gasteiger partial charge on any atom is -0.428 e. The number of benzene rings is 1. The summed E-state index contributed by atoms with van der Waals surface area (Å²) in [6.07, 6.45) is -8.57. The predicted octanol–water partition coefficient (Wildman–Crippen LogP) is 3.26. The summed E-state index contributed by atoms with van der Waals surface area (Å²) in [6, 6.07) is 4.69. The highest BCUT2D eigenvalue weighted by Gasteiger charge is 2.44. The van der Waals surface area contributed by atoms with E-state index in [0.29, 0.717) is 26.2 Å². The molecule has 0 bridgehead atoms. The van der Waals surface area contributed by atoms with Gasteiger partial charge in [-0.1, -0.05) is 18.2 Å². The quantitative estimate of drug-likeness (QED) is 0.788. The molecule has 0 aromatic heterocycles. The molecule has 1 aliphatic rings. The zero-order valence-electron chi connectivity index (χ0n) is 12.2. The standard InChI is InChI=1S/C14H17F5N2O.ClH/c15-9-11(21-7-5-20-6-8-21)10-3-1-2-4-12(10)22-14(18,19)13(16)17;/h1-4,11,13,20H,5-9H2;1H/t11-;/m0./s1. The van der Waals surface area contributed by atoms with E-state index >= 15 is 0 Å². The molecule has 0 unspecified atom stereocenters. The lowest BCUT2D eigenvalue weighted by atomic mass is 10.0. The summed E-state index contributed by atoms with van der Waals surface area (Å²) >= 11 is 0. The molecule has 1 heterocycles. The third-order valence-electron chi connectivity index (χ3n) is 3.52. The van der Waals surface area contributed by atoms with Gasteiger partial charge >= 0.3 is 12.5 Å². The van der Waals surface area contributed by atoms with Crippen LogP contribution in [-0.4, -0.2) is 50.3 Å². The minimum atomic E-state index is -4.61. The minimum absolute atomic E-state index is 0. The summed E-state index contributed by atoms with van der Waals surface area (Å²) in [5.74, 6) is -0.422. The lowest BCUT2D eigenvalue weighted by molar-refractivity contribution is -0.253.